The summed E-state index contributed by atoms with van der Waals surface area (Å²) in [6.07, 6.45) is 1.66. The predicted molar refractivity (Wildman–Crippen MR) is 72.8 cm³/mol. The highest BCUT2D eigenvalue weighted by Crippen LogP contribution is 2.23. The lowest BCUT2D eigenvalue weighted by Crippen LogP contribution is -2.07. The standard InChI is InChI=1S/C13H18O5S/c1-17-11-7-10(8-12(9-11)18-2)13(14)5-4-6-19(3,15)16/h7-9H,4-6H2,1-3H3. The number of carbonyl (C=O) groups excluding carboxylic acids is 1. The van der Waals surface area contributed by atoms with E-state index in [-0.39, 0.29) is 18.0 Å². The van der Waals surface area contributed by atoms with Crippen molar-refractivity contribution in [3.05, 3.63) is 23.8 Å². The summed E-state index contributed by atoms with van der Waals surface area (Å²) in [5.74, 6) is 0.956. The average Bonchev–Trinajstić information content (AvgIpc) is 2.36. The van der Waals surface area contributed by atoms with E-state index in [9.17, 15) is 13.2 Å². The smallest absolute Gasteiger partial charge is 0.163 e. The van der Waals surface area contributed by atoms with Gasteiger partial charge in [-0.2, -0.15) is 0 Å². The Labute approximate surface area is 113 Å². The monoisotopic (exact) mass is 286 g/mol. The van der Waals surface area contributed by atoms with Gasteiger partial charge < -0.3 is 9.47 Å². The van der Waals surface area contributed by atoms with Crippen LogP contribution in [0.3, 0.4) is 0 Å². The number of benzene rings is 1. The summed E-state index contributed by atoms with van der Waals surface area (Å²) in [5, 5.41) is 0. The third kappa shape index (κ3) is 5.30. The van der Waals surface area contributed by atoms with E-state index in [1.807, 2.05) is 0 Å². The first-order valence-electron chi connectivity index (χ1n) is 5.79. The van der Waals surface area contributed by atoms with E-state index in [4.69, 9.17) is 9.47 Å². The third-order valence-electron chi connectivity index (χ3n) is 2.59. The second-order valence-electron chi connectivity index (χ2n) is 4.26. The van der Waals surface area contributed by atoms with E-state index < -0.39 is 9.84 Å². The van der Waals surface area contributed by atoms with E-state index in [2.05, 4.69) is 0 Å². The number of ketones is 1. The molecule has 0 bridgehead atoms. The minimum Gasteiger partial charge on any atom is -0.497 e. The van der Waals surface area contributed by atoms with Gasteiger partial charge in [-0.3, -0.25) is 4.79 Å². The van der Waals surface area contributed by atoms with Crippen molar-refractivity contribution in [2.75, 3.05) is 26.2 Å². The molecular weight excluding hydrogens is 268 g/mol. The number of hydrogen-bond acceptors (Lipinski definition) is 5. The second kappa shape index (κ2) is 6.56. The van der Waals surface area contributed by atoms with Gasteiger partial charge >= 0.3 is 0 Å². The molecule has 5 nitrogen and oxygen atoms in total. The van der Waals surface area contributed by atoms with Crippen LogP contribution in [0.15, 0.2) is 18.2 Å². The van der Waals surface area contributed by atoms with Gasteiger partial charge in [-0.1, -0.05) is 0 Å². The fourth-order valence-corrected chi connectivity index (χ4v) is 2.28. The summed E-state index contributed by atoms with van der Waals surface area (Å²) in [6, 6.07) is 4.91. The maximum Gasteiger partial charge on any atom is 0.163 e. The Hall–Kier alpha value is -1.56. The lowest BCUT2D eigenvalue weighted by molar-refractivity contribution is 0.0981. The van der Waals surface area contributed by atoms with Gasteiger partial charge in [-0.15, -0.1) is 0 Å². The van der Waals surface area contributed by atoms with Crippen molar-refractivity contribution in [2.24, 2.45) is 0 Å². The van der Waals surface area contributed by atoms with Crippen molar-refractivity contribution >= 4 is 15.6 Å². The summed E-state index contributed by atoms with van der Waals surface area (Å²) < 4.78 is 32.2. The highest BCUT2D eigenvalue weighted by atomic mass is 32.2. The third-order valence-corrected chi connectivity index (χ3v) is 3.62. The highest BCUT2D eigenvalue weighted by Gasteiger charge is 2.11. The van der Waals surface area contributed by atoms with Crippen molar-refractivity contribution in [1.29, 1.82) is 0 Å². The molecule has 0 unspecified atom stereocenters. The summed E-state index contributed by atoms with van der Waals surface area (Å²) in [7, 11) is -0.0160. The normalized spacial score (nSPS) is 11.1. The van der Waals surface area contributed by atoms with Crippen molar-refractivity contribution in [2.45, 2.75) is 12.8 Å². The van der Waals surface area contributed by atoms with Gasteiger partial charge in [-0.05, 0) is 18.6 Å². The molecule has 0 saturated carbocycles. The molecule has 6 heteroatoms. The Balaban J connectivity index is 2.76. The van der Waals surface area contributed by atoms with E-state index >= 15 is 0 Å². The van der Waals surface area contributed by atoms with Crippen LogP contribution in [-0.2, 0) is 9.84 Å². The SMILES string of the molecule is COc1cc(OC)cc(C(=O)CCCS(C)(=O)=O)c1. The zero-order valence-corrected chi connectivity index (χ0v) is 12.1. The van der Waals surface area contributed by atoms with E-state index in [0.29, 0.717) is 23.5 Å². The van der Waals surface area contributed by atoms with E-state index in [1.54, 1.807) is 18.2 Å². The molecule has 1 aromatic rings. The molecule has 0 atom stereocenters. The first kappa shape index (κ1) is 15.5. The van der Waals surface area contributed by atoms with Gasteiger partial charge in [0, 0.05) is 24.3 Å². The van der Waals surface area contributed by atoms with E-state index in [0.717, 1.165) is 6.26 Å². The molecule has 0 spiro atoms. The molecule has 0 aliphatic carbocycles. The van der Waals surface area contributed by atoms with Crippen molar-refractivity contribution < 1.29 is 22.7 Å². The highest BCUT2D eigenvalue weighted by molar-refractivity contribution is 7.90. The van der Waals surface area contributed by atoms with Crippen LogP contribution in [0.5, 0.6) is 11.5 Å². The Morgan fingerprint density at radius 2 is 1.63 bits per heavy atom. The number of methoxy groups -OCH3 is 2. The number of carbonyl (C=O) groups is 1. The van der Waals surface area contributed by atoms with Crippen molar-refractivity contribution in [3.63, 3.8) is 0 Å². The van der Waals surface area contributed by atoms with Crippen LogP contribution in [0.25, 0.3) is 0 Å². The molecule has 0 fully saturated rings. The van der Waals surface area contributed by atoms with Crippen LogP contribution >= 0.6 is 0 Å². The van der Waals surface area contributed by atoms with E-state index in [1.165, 1.54) is 14.2 Å². The van der Waals surface area contributed by atoms with Gasteiger partial charge in [0.15, 0.2) is 5.78 Å². The van der Waals surface area contributed by atoms with Gasteiger partial charge in [0.1, 0.15) is 21.3 Å². The molecular formula is C13H18O5S. The number of rotatable bonds is 7. The minimum absolute atomic E-state index is 0.0137. The van der Waals surface area contributed by atoms with Crippen LogP contribution in [0.1, 0.15) is 23.2 Å². The molecule has 0 heterocycles. The zero-order chi connectivity index (χ0) is 14.5. The Morgan fingerprint density at radius 1 is 1.11 bits per heavy atom. The number of ether oxygens (including phenoxy) is 2. The Kier molecular flexibility index (Phi) is 5.35. The van der Waals surface area contributed by atoms with Crippen molar-refractivity contribution in [1.82, 2.24) is 0 Å². The molecule has 19 heavy (non-hydrogen) atoms. The molecule has 0 radical (unpaired) electrons. The maximum atomic E-state index is 12.0. The average molecular weight is 286 g/mol. The first-order valence-corrected chi connectivity index (χ1v) is 7.86. The van der Waals surface area contributed by atoms with Gasteiger partial charge in [0.25, 0.3) is 0 Å². The Bertz CT molecular complexity index is 526. The van der Waals surface area contributed by atoms with Gasteiger partial charge in [0.05, 0.1) is 20.0 Å². The summed E-state index contributed by atoms with van der Waals surface area (Å²) in [6.45, 7) is 0. The largest absolute Gasteiger partial charge is 0.497 e. The number of hydrogen-bond donors (Lipinski definition) is 0. The summed E-state index contributed by atoms with van der Waals surface area (Å²) in [5.41, 5.74) is 0.463. The molecule has 0 aliphatic heterocycles. The molecule has 106 valence electrons. The first-order chi connectivity index (χ1) is 8.85. The molecule has 1 aromatic carbocycles. The lowest BCUT2D eigenvalue weighted by atomic mass is 10.1. The number of sulfone groups is 1. The Morgan fingerprint density at radius 3 is 2.05 bits per heavy atom. The summed E-state index contributed by atoms with van der Waals surface area (Å²) in [4.78, 5) is 12.0. The molecule has 0 N–H and O–H groups in total. The van der Waals surface area contributed by atoms with Crippen LogP contribution in [0.2, 0.25) is 0 Å². The summed E-state index contributed by atoms with van der Waals surface area (Å²) >= 11 is 0. The fourth-order valence-electron chi connectivity index (χ4n) is 1.61. The predicted octanol–water partition coefficient (Wildman–Crippen LogP) is 1.71. The maximum absolute atomic E-state index is 12.0. The van der Waals surface area contributed by atoms with Crippen LogP contribution in [0.4, 0.5) is 0 Å². The molecule has 1 rings (SSSR count). The molecule has 0 saturated heterocycles. The second-order valence-corrected chi connectivity index (χ2v) is 6.52. The quantitative estimate of drug-likeness (QED) is 0.714. The topological polar surface area (TPSA) is 69.7 Å². The van der Waals surface area contributed by atoms with Gasteiger partial charge in [0.2, 0.25) is 0 Å². The minimum atomic E-state index is -3.03. The van der Waals surface area contributed by atoms with Crippen molar-refractivity contribution in [3.8, 4) is 11.5 Å². The number of Topliss-reactive ketones (excluding diaryl/α,β-unsaturated/α-hetero) is 1. The molecule has 0 amide bonds. The lowest BCUT2D eigenvalue weighted by Gasteiger charge is -2.07. The zero-order valence-electron chi connectivity index (χ0n) is 11.3. The van der Waals surface area contributed by atoms with Gasteiger partial charge in [-0.25, -0.2) is 8.42 Å². The molecule has 0 aliphatic rings. The van der Waals surface area contributed by atoms with Crippen LogP contribution < -0.4 is 9.47 Å². The van der Waals surface area contributed by atoms with Crippen LogP contribution in [-0.4, -0.2) is 40.4 Å². The fraction of sp³-hybridized carbons (Fsp3) is 0.462. The molecule has 0 aromatic heterocycles. The van der Waals surface area contributed by atoms with Crippen LogP contribution in [0, 0.1) is 0 Å².